The summed E-state index contributed by atoms with van der Waals surface area (Å²) in [5.74, 6) is 0.335. The highest BCUT2D eigenvalue weighted by atomic mass is 32.2. The van der Waals surface area contributed by atoms with Crippen LogP contribution in [0.1, 0.15) is 30.5 Å². The Morgan fingerprint density at radius 3 is 2.94 bits per heavy atom. The predicted octanol–water partition coefficient (Wildman–Crippen LogP) is 1.40. The number of sulfone groups is 1. The fraction of sp³-hybridized carbons (Fsp3) is 0.462. The zero-order valence-corrected chi connectivity index (χ0v) is 11.1. The summed E-state index contributed by atoms with van der Waals surface area (Å²) in [5.41, 5.74) is 1.43. The SMILES string of the molecule is CC1CCS(=O)(=O)CC(c2cccc(C#N)c2)N1. The van der Waals surface area contributed by atoms with Gasteiger partial charge in [-0.2, -0.15) is 5.26 Å². The van der Waals surface area contributed by atoms with Crippen LogP contribution < -0.4 is 5.32 Å². The lowest BCUT2D eigenvalue weighted by atomic mass is 10.0. The van der Waals surface area contributed by atoms with Crippen molar-refractivity contribution in [2.45, 2.75) is 25.4 Å². The minimum atomic E-state index is -3.01. The Balaban J connectivity index is 2.32. The van der Waals surface area contributed by atoms with E-state index in [0.29, 0.717) is 12.0 Å². The fourth-order valence-electron chi connectivity index (χ4n) is 2.19. The summed E-state index contributed by atoms with van der Waals surface area (Å²) < 4.78 is 23.7. The Bertz CT molecular complexity index is 575. The summed E-state index contributed by atoms with van der Waals surface area (Å²) in [4.78, 5) is 0. The van der Waals surface area contributed by atoms with E-state index in [4.69, 9.17) is 5.26 Å². The minimum Gasteiger partial charge on any atom is -0.307 e. The highest BCUT2D eigenvalue weighted by Crippen LogP contribution is 2.21. The van der Waals surface area contributed by atoms with Crippen molar-refractivity contribution in [1.29, 1.82) is 5.26 Å². The molecule has 2 atom stereocenters. The molecule has 1 N–H and O–H groups in total. The van der Waals surface area contributed by atoms with Crippen molar-refractivity contribution in [2.24, 2.45) is 0 Å². The van der Waals surface area contributed by atoms with Gasteiger partial charge < -0.3 is 5.32 Å². The average molecular weight is 264 g/mol. The molecule has 0 spiro atoms. The number of nitrogens with zero attached hydrogens (tertiary/aromatic N) is 1. The van der Waals surface area contributed by atoms with Gasteiger partial charge in [-0.25, -0.2) is 8.42 Å². The quantitative estimate of drug-likeness (QED) is 0.832. The van der Waals surface area contributed by atoms with Crippen molar-refractivity contribution in [2.75, 3.05) is 11.5 Å². The molecule has 96 valence electrons. The number of nitriles is 1. The van der Waals surface area contributed by atoms with Gasteiger partial charge in [-0.05, 0) is 31.0 Å². The first-order valence-corrected chi connectivity index (χ1v) is 7.79. The number of hydrogen-bond donors (Lipinski definition) is 1. The summed E-state index contributed by atoms with van der Waals surface area (Å²) in [6.45, 7) is 1.99. The van der Waals surface area contributed by atoms with Crippen LogP contribution in [0.4, 0.5) is 0 Å². The van der Waals surface area contributed by atoms with E-state index in [9.17, 15) is 8.42 Å². The van der Waals surface area contributed by atoms with Crippen molar-refractivity contribution in [1.82, 2.24) is 5.32 Å². The number of rotatable bonds is 1. The molecule has 1 aliphatic heterocycles. The van der Waals surface area contributed by atoms with Crippen molar-refractivity contribution >= 4 is 9.84 Å². The first-order chi connectivity index (χ1) is 8.50. The fourth-order valence-corrected chi connectivity index (χ4v) is 3.86. The zero-order chi connectivity index (χ0) is 13.2. The second kappa shape index (κ2) is 5.09. The second-order valence-corrected chi connectivity index (χ2v) is 6.99. The van der Waals surface area contributed by atoms with Crippen LogP contribution in [0.2, 0.25) is 0 Å². The third kappa shape index (κ3) is 3.09. The van der Waals surface area contributed by atoms with Crippen LogP contribution in [-0.4, -0.2) is 26.0 Å². The molecule has 1 heterocycles. The Morgan fingerprint density at radius 2 is 2.22 bits per heavy atom. The molecule has 1 aliphatic rings. The largest absolute Gasteiger partial charge is 0.307 e. The topological polar surface area (TPSA) is 70.0 Å². The van der Waals surface area contributed by atoms with Gasteiger partial charge in [0.1, 0.15) is 0 Å². The number of hydrogen-bond acceptors (Lipinski definition) is 4. The van der Waals surface area contributed by atoms with Crippen LogP contribution >= 0.6 is 0 Å². The maximum absolute atomic E-state index is 11.8. The Kier molecular flexibility index (Phi) is 3.69. The third-order valence-corrected chi connectivity index (χ3v) is 4.89. The molecule has 0 aromatic heterocycles. The molecule has 0 amide bonds. The maximum atomic E-state index is 11.8. The molecular weight excluding hydrogens is 248 g/mol. The van der Waals surface area contributed by atoms with Crippen LogP contribution in [0, 0.1) is 11.3 Å². The van der Waals surface area contributed by atoms with Crippen molar-refractivity contribution in [3.8, 4) is 6.07 Å². The van der Waals surface area contributed by atoms with E-state index in [0.717, 1.165) is 5.56 Å². The molecule has 2 unspecified atom stereocenters. The third-order valence-electron chi connectivity index (χ3n) is 3.19. The van der Waals surface area contributed by atoms with Crippen LogP contribution in [0.5, 0.6) is 0 Å². The molecule has 0 aliphatic carbocycles. The van der Waals surface area contributed by atoms with Crippen molar-refractivity contribution < 1.29 is 8.42 Å². The highest BCUT2D eigenvalue weighted by molar-refractivity contribution is 7.91. The van der Waals surface area contributed by atoms with Gasteiger partial charge in [0.15, 0.2) is 9.84 Å². The van der Waals surface area contributed by atoms with E-state index in [2.05, 4.69) is 11.4 Å². The number of nitrogens with one attached hydrogen (secondary N) is 1. The minimum absolute atomic E-state index is 0.103. The predicted molar refractivity (Wildman–Crippen MR) is 69.8 cm³/mol. The molecule has 1 saturated heterocycles. The maximum Gasteiger partial charge on any atom is 0.152 e. The van der Waals surface area contributed by atoms with Crippen molar-refractivity contribution in [3.63, 3.8) is 0 Å². The van der Waals surface area contributed by atoms with E-state index in [1.165, 1.54) is 0 Å². The molecule has 1 aromatic rings. The van der Waals surface area contributed by atoms with Crippen LogP contribution in [0.15, 0.2) is 24.3 Å². The molecule has 5 heteroatoms. The van der Waals surface area contributed by atoms with E-state index in [1.807, 2.05) is 13.0 Å². The molecular formula is C13H16N2O2S. The molecule has 1 aromatic carbocycles. The standard InChI is InChI=1S/C13H16N2O2S/c1-10-5-6-18(16,17)9-13(15-10)12-4-2-3-11(7-12)8-14/h2-4,7,10,13,15H,5-6,9H2,1H3. The molecule has 1 fully saturated rings. The van der Waals surface area contributed by atoms with Gasteiger partial charge in [0.2, 0.25) is 0 Å². The lowest BCUT2D eigenvalue weighted by Crippen LogP contribution is -2.31. The van der Waals surface area contributed by atoms with E-state index < -0.39 is 9.84 Å². The average Bonchev–Trinajstić information content (AvgIpc) is 2.48. The van der Waals surface area contributed by atoms with E-state index in [-0.39, 0.29) is 23.6 Å². The van der Waals surface area contributed by atoms with Crippen LogP contribution in [-0.2, 0) is 9.84 Å². The van der Waals surface area contributed by atoms with Gasteiger partial charge in [0.25, 0.3) is 0 Å². The van der Waals surface area contributed by atoms with E-state index >= 15 is 0 Å². The number of benzene rings is 1. The summed E-state index contributed by atoms with van der Waals surface area (Å²) in [5, 5.41) is 12.2. The first-order valence-electron chi connectivity index (χ1n) is 5.97. The lowest BCUT2D eigenvalue weighted by Gasteiger charge is -2.19. The monoisotopic (exact) mass is 264 g/mol. The second-order valence-electron chi connectivity index (χ2n) is 4.76. The van der Waals surface area contributed by atoms with Crippen LogP contribution in [0.3, 0.4) is 0 Å². The Hall–Kier alpha value is -1.38. The Labute approximate surface area is 108 Å². The van der Waals surface area contributed by atoms with E-state index in [1.54, 1.807) is 18.2 Å². The van der Waals surface area contributed by atoms with Gasteiger partial charge in [-0.1, -0.05) is 12.1 Å². The zero-order valence-electron chi connectivity index (χ0n) is 10.3. The highest BCUT2D eigenvalue weighted by Gasteiger charge is 2.26. The normalized spacial score (nSPS) is 27.1. The van der Waals surface area contributed by atoms with Gasteiger partial charge in [0.05, 0.1) is 23.1 Å². The molecule has 4 nitrogen and oxygen atoms in total. The van der Waals surface area contributed by atoms with Crippen LogP contribution in [0.25, 0.3) is 0 Å². The molecule has 0 radical (unpaired) electrons. The van der Waals surface area contributed by atoms with Gasteiger partial charge in [0, 0.05) is 12.1 Å². The smallest absolute Gasteiger partial charge is 0.152 e. The molecule has 0 saturated carbocycles. The van der Waals surface area contributed by atoms with Gasteiger partial charge >= 0.3 is 0 Å². The van der Waals surface area contributed by atoms with Crippen molar-refractivity contribution in [3.05, 3.63) is 35.4 Å². The summed E-state index contributed by atoms with van der Waals surface area (Å²) in [6.07, 6.45) is 0.636. The van der Waals surface area contributed by atoms with Gasteiger partial charge in [-0.15, -0.1) is 0 Å². The Morgan fingerprint density at radius 1 is 1.44 bits per heavy atom. The molecule has 0 bridgehead atoms. The van der Waals surface area contributed by atoms with Gasteiger partial charge in [-0.3, -0.25) is 0 Å². The summed E-state index contributed by atoms with van der Waals surface area (Å²) in [6, 6.07) is 9.15. The lowest BCUT2D eigenvalue weighted by molar-refractivity contribution is 0.484. The first kappa shape index (κ1) is 13.1. The summed E-state index contributed by atoms with van der Waals surface area (Å²) in [7, 11) is -3.01. The summed E-state index contributed by atoms with van der Waals surface area (Å²) >= 11 is 0. The molecule has 2 rings (SSSR count). The molecule has 18 heavy (non-hydrogen) atoms.